The molecule has 4 nitrogen and oxygen atoms in total. The van der Waals surface area contributed by atoms with Gasteiger partial charge in [0, 0.05) is 0 Å². The highest BCUT2D eigenvalue weighted by Crippen LogP contribution is 2.33. The molecule has 0 atom stereocenters. The van der Waals surface area contributed by atoms with E-state index >= 15 is 0 Å². The predicted molar refractivity (Wildman–Crippen MR) is 114 cm³/mol. The molecule has 0 bridgehead atoms. The van der Waals surface area contributed by atoms with Gasteiger partial charge in [-0.2, -0.15) is 0 Å². The van der Waals surface area contributed by atoms with E-state index in [-0.39, 0.29) is 17.2 Å². The van der Waals surface area contributed by atoms with Crippen molar-refractivity contribution < 1.29 is 14.3 Å². The minimum atomic E-state index is -0.331. The van der Waals surface area contributed by atoms with Gasteiger partial charge in [-0.15, -0.1) is 0 Å². The van der Waals surface area contributed by atoms with Crippen LogP contribution in [0.5, 0.6) is 11.5 Å². The first-order valence-electron chi connectivity index (χ1n) is 9.62. The average Bonchev–Trinajstić information content (AvgIpc) is 2.93. The maximum absolute atomic E-state index is 12.9. The van der Waals surface area contributed by atoms with Crippen molar-refractivity contribution in [1.29, 1.82) is 0 Å². The third-order valence-electron chi connectivity index (χ3n) is 5.11. The molecule has 0 aliphatic carbocycles. The first-order chi connectivity index (χ1) is 13.7. The molecule has 0 saturated heterocycles. The number of aryl methyl sites for hydroxylation is 1. The number of hydrogen-bond donors (Lipinski definition) is 0. The van der Waals surface area contributed by atoms with Gasteiger partial charge in [-0.05, 0) is 60.4 Å². The molecule has 4 rings (SSSR count). The molecule has 4 heteroatoms. The Kier molecular flexibility index (Phi) is 4.50. The number of carbonyl (C=O) groups excluding carboxylic acids is 2. The number of rotatable bonds is 3. The van der Waals surface area contributed by atoms with Crippen LogP contribution in [0.4, 0.5) is 5.69 Å². The number of fused-ring (bicyclic) bond motifs is 1. The number of anilines is 1. The zero-order valence-electron chi connectivity index (χ0n) is 17.0. The van der Waals surface area contributed by atoms with Gasteiger partial charge >= 0.3 is 0 Å². The molecule has 3 aromatic carbocycles. The van der Waals surface area contributed by atoms with Crippen LogP contribution in [0, 0.1) is 6.92 Å². The molecule has 146 valence electrons. The maximum atomic E-state index is 12.9. The third-order valence-corrected chi connectivity index (χ3v) is 5.11. The number of nitrogens with zero attached hydrogens (tertiary/aromatic N) is 1. The Morgan fingerprint density at radius 2 is 1.31 bits per heavy atom. The van der Waals surface area contributed by atoms with Crippen molar-refractivity contribution in [2.45, 2.75) is 33.1 Å². The Labute approximate surface area is 170 Å². The molecule has 1 aliphatic heterocycles. The van der Waals surface area contributed by atoms with Crippen LogP contribution in [0.15, 0.2) is 66.7 Å². The van der Waals surface area contributed by atoms with Crippen molar-refractivity contribution in [3.63, 3.8) is 0 Å². The molecule has 0 spiro atoms. The van der Waals surface area contributed by atoms with E-state index in [1.54, 1.807) is 30.3 Å². The van der Waals surface area contributed by atoms with Crippen molar-refractivity contribution in [3.8, 4) is 11.5 Å². The van der Waals surface area contributed by atoms with E-state index in [0.717, 1.165) is 5.56 Å². The van der Waals surface area contributed by atoms with Crippen LogP contribution >= 0.6 is 0 Å². The summed E-state index contributed by atoms with van der Waals surface area (Å²) in [7, 11) is 0. The van der Waals surface area contributed by atoms with Crippen molar-refractivity contribution in [2.75, 3.05) is 4.90 Å². The van der Waals surface area contributed by atoms with E-state index in [9.17, 15) is 9.59 Å². The van der Waals surface area contributed by atoms with E-state index in [1.807, 2.05) is 43.3 Å². The van der Waals surface area contributed by atoms with Gasteiger partial charge in [0.25, 0.3) is 11.8 Å². The lowest BCUT2D eigenvalue weighted by molar-refractivity contribution is 0.0926. The van der Waals surface area contributed by atoms with Gasteiger partial charge in [-0.1, -0.05) is 50.6 Å². The molecule has 0 saturated carbocycles. The minimum absolute atomic E-state index is 0.0678. The highest BCUT2D eigenvalue weighted by Gasteiger charge is 2.37. The Hall–Kier alpha value is -3.40. The summed E-state index contributed by atoms with van der Waals surface area (Å²) in [5, 5.41) is 0. The Bertz CT molecular complexity index is 1090. The van der Waals surface area contributed by atoms with E-state index in [2.05, 4.69) is 20.8 Å². The smallest absolute Gasteiger partial charge is 0.266 e. The SMILES string of the molecule is Cc1ccc(N2C(=O)c3ccc(Oc4ccc(C(C)(C)C)cc4)cc3C2=O)cc1. The zero-order chi connectivity index (χ0) is 20.8. The number of benzene rings is 3. The standard InChI is InChI=1S/C25H23NO3/c1-16-5-9-18(10-6-16)26-23(27)21-14-13-20(15-22(21)24(26)28)29-19-11-7-17(8-12-19)25(2,3)4/h5-15H,1-4H3. The zero-order valence-corrected chi connectivity index (χ0v) is 17.0. The van der Waals surface area contributed by atoms with Gasteiger partial charge in [-0.3, -0.25) is 9.59 Å². The fourth-order valence-electron chi connectivity index (χ4n) is 3.37. The number of amides is 2. The van der Waals surface area contributed by atoms with Crippen LogP contribution < -0.4 is 9.64 Å². The van der Waals surface area contributed by atoms with E-state index in [1.165, 1.54) is 10.5 Å². The first kappa shape index (κ1) is 18.9. The number of imide groups is 1. The molecular weight excluding hydrogens is 362 g/mol. The highest BCUT2D eigenvalue weighted by atomic mass is 16.5. The van der Waals surface area contributed by atoms with Crippen LogP contribution in [-0.4, -0.2) is 11.8 Å². The second-order valence-electron chi connectivity index (χ2n) is 8.37. The van der Waals surface area contributed by atoms with Crippen LogP contribution in [0.2, 0.25) is 0 Å². The molecule has 1 heterocycles. The van der Waals surface area contributed by atoms with Crippen molar-refractivity contribution >= 4 is 17.5 Å². The second kappa shape index (κ2) is 6.89. The number of carbonyl (C=O) groups is 2. The Morgan fingerprint density at radius 1 is 0.724 bits per heavy atom. The minimum Gasteiger partial charge on any atom is -0.457 e. The summed E-state index contributed by atoms with van der Waals surface area (Å²) in [6, 6.07) is 20.3. The predicted octanol–water partition coefficient (Wildman–Crippen LogP) is 5.89. The van der Waals surface area contributed by atoms with Crippen LogP contribution in [0.3, 0.4) is 0 Å². The monoisotopic (exact) mass is 385 g/mol. The van der Waals surface area contributed by atoms with Crippen LogP contribution in [-0.2, 0) is 5.41 Å². The average molecular weight is 385 g/mol. The van der Waals surface area contributed by atoms with Crippen LogP contribution in [0.1, 0.15) is 52.6 Å². The molecule has 3 aromatic rings. The Balaban J connectivity index is 1.60. The molecule has 0 fully saturated rings. The van der Waals surface area contributed by atoms with Crippen LogP contribution in [0.25, 0.3) is 0 Å². The summed E-state index contributed by atoms with van der Waals surface area (Å²) in [6.07, 6.45) is 0. The first-order valence-corrected chi connectivity index (χ1v) is 9.62. The highest BCUT2D eigenvalue weighted by molar-refractivity contribution is 6.34. The van der Waals surface area contributed by atoms with Gasteiger partial charge in [0.15, 0.2) is 0 Å². The van der Waals surface area contributed by atoms with Gasteiger partial charge in [-0.25, -0.2) is 4.90 Å². The largest absolute Gasteiger partial charge is 0.457 e. The Morgan fingerprint density at radius 3 is 1.93 bits per heavy atom. The second-order valence-corrected chi connectivity index (χ2v) is 8.37. The van der Waals surface area contributed by atoms with Gasteiger partial charge in [0.05, 0.1) is 16.8 Å². The summed E-state index contributed by atoms with van der Waals surface area (Å²) in [6.45, 7) is 8.44. The van der Waals surface area contributed by atoms with Gasteiger partial charge in [0.1, 0.15) is 11.5 Å². The summed E-state index contributed by atoms with van der Waals surface area (Å²) >= 11 is 0. The lowest BCUT2D eigenvalue weighted by Gasteiger charge is -2.19. The van der Waals surface area contributed by atoms with Crippen molar-refractivity contribution in [2.24, 2.45) is 0 Å². The molecule has 0 radical (unpaired) electrons. The fraction of sp³-hybridized carbons (Fsp3) is 0.200. The lowest BCUT2D eigenvalue weighted by Crippen LogP contribution is -2.29. The van der Waals surface area contributed by atoms with E-state index < -0.39 is 0 Å². The summed E-state index contributed by atoms with van der Waals surface area (Å²) in [5.74, 6) is 0.571. The molecule has 29 heavy (non-hydrogen) atoms. The lowest BCUT2D eigenvalue weighted by atomic mass is 9.87. The van der Waals surface area contributed by atoms with Gasteiger partial charge < -0.3 is 4.74 Å². The van der Waals surface area contributed by atoms with Crippen molar-refractivity contribution in [1.82, 2.24) is 0 Å². The topological polar surface area (TPSA) is 46.6 Å². The summed E-state index contributed by atoms with van der Waals surface area (Å²) < 4.78 is 5.93. The summed E-state index contributed by atoms with van der Waals surface area (Å²) in [5.41, 5.74) is 3.68. The molecule has 0 N–H and O–H groups in total. The number of ether oxygens (including phenoxy) is 1. The normalized spacial score (nSPS) is 13.6. The quantitative estimate of drug-likeness (QED) is 0.529. The molecule has 0 aromatic heterocycles. The van der Waals surface area contributed by atoms with E-state index in [0.29, 0.717) is 28.3 Å². The van der Waals surface area contributed by atoms with E-state index in [4.69, 9.17) is 4.74 Å². The van der Waals surface area contributed by atoms with Gasteiger partial charge in [0.2, 0.25) is 0 Å². The number of hydrogen-bond acceptors (Lipinski definition) is 3. The maximum Gasteiger partial charge on any atom is 0.266 e. The summed E-state index contributed by atoms with van der Waals surface area (Å²) in [4.78, 5) is 26.9. The third kappa shape index (κ3) is 3.54. The molecule has 1 aliphatic rings. The molecular formula is C25H23NO3. The molecule has 2 amide bonds. The molecule has 0 unspecified atom stereocenters. The fourth-order valence-corrected chi connectivity index (χ4v) is 3.37. The van der Waals surface area contributed by atoms with Crippen molar-refractivity contribution in [3.05, 3.63) is 89.0 Å².